The highest BCUT2D eigenvalue weighted by molar-refractivity contribution is 5.85. The predicted octanol–water partition coefficient (Wildman–Crippen LogP) is 1.68. The molecule has 1 amide bonds. The quantitative estimate of drug-likeness (QED) is 0.667. The van der Waals surface area contributed by atoms with Gasteiger partial charge in [-0.15, -0.1) is 0 Å². The zero-order chi connectivity index (χ0) is 15.4. The second-order valence-electron chi connectivity index (χ2n) is 4.69. The third-order valence-electron chi connectivity index (χ3n) is 3.06. The number of nitrogens with one attached hydrogen (secondary N) is 1. The van der Waals surface area contributed by atoms with Crippen LogP contribution < -0.4 is 14.9 Å². The first-order valence-corrected chi connectivity index (χ1v) is 6.73. The maximum atomic E-state index is 12.0. The minimum Gasteiger partial charge on any atom is -0.508 e. The Morgan fingerprint density at radius 1 is 1.23 bits per heavy atom. The van der Waals surface area contributed by atoms with Crippen LogP contribution in [-0.2, 0) is 4.79 Å². The molecule has 22 heavy (non-hydrogen) atoms. The van der Waals surface area contributed by atoms with Gasteiger partial charge < -0.3 is 14.6 Å². The van der Waals surface area contributed by atoms with Crippen LogP contribution in [0, 0.1) is 0 Å². The average Bonchev–Trinajstić information content (AvgIpc) is 2.54. The number of phenolic OH excluding ortho intramolecular Hbond substituents is 1. The van der Waals surface area contributed by atoms with Crippen molar-refractivity contribution in [2.75, 3.05) is 6.61 Å². The van der Waals surface area contributed by atoms with E-state index in [1.165, 1.54) is 12.3 Å². The van der Waals surface area contributed by atoms with Crippen molar-refractivity contribution in [1.82, 2.24) is 5.43 Å². The summed E-state index contributed by atoms with van der Waals surface area (Å²) in [6, 6.07) is 13.7. The van der Waals surface area contributed by atoms with E-state index in [2.05, 4.69) is 10.5 Å². The number of ether oxygens (including phenoxy) is 2. The highest BCUT2D eigenvalue weighted by Gasteiger charge is 2.26. The van der Waals surface area contributed by atoms with Crippen molar-refractivity contribution >= 4 is 12.1 Å². The first-order chi connectivity index (χ1) is 10.7. The largest absolute Gasteiger partial charge is 0.508 e. The van der Waals surface area contributed by atoms with Crippen molar-refractivity contribution in [3.63, 3.8) is 0 Å². The van der Waals surface area contributed by atoms with Gasteiger partial charge in [0.2, 0.25) is 6.10 Å². The summed E-state index contributed by atoms with van der Waals surface area (Å²) < 4.78 is 11.0. The number of hydrogen-bond donors (Lipinski definition) is 2. The Labute approximate surface area is 127 Å². The van der Waals surface area contributed by atoms with E-state index in [4.69, 9.17) is 9.47 Å². The van der Waals surface area contributed by atoms with Gasteiger partial charge in [0, 0.05) is 0 Å². The van der Waals surface area contributed by atoms with E-state index >= 15 is 0 Å². The molecule has 0 radical (unpaired) electrons. The minimum absolute atomic E-state index is 0.129. The molecule has 0 unspecified atom stereocenters. The molecule has 0 saturated carbocycles. The Kier molecular flexibility index (Phi) is 3.91. The number of phenols is 1. The summed E-state index contributed by atoms with van der Waals surface area (Å²) in [5.74, 6) is 0.891. The molecule has 6 heteroatoms. The van der Waals surface area contributed by atoms with Crippen LogP contribution >= 0.6 is 0 Å². The Morgan fingerprint density at radius 2 is 2.05 bits per heavy atom. The number of hydrogen-bond acceptors (Lipinski definition) is 5. The van der Waals surface area contributed by atoms with Gasteiger partial charge in [0.05, 0.1) is 6.21 Å². The smallest absolute Gasteiger partial charge is 0.284 e. The van der Waals surface area contributed by atoms with Gasteiger partial charge >= 0.3 is 0 Å². The van der Waals surface area contributed by atoms with Gasteiger partial charge in [0.25, 0.3) is 5.91 Å². The van der Waals surface area contributed by atoms with E-state index in [9.17, 15) is 9.90 Å². The summed E-state index contributed by atoms with van der Waals surface area (Å²) in [7, 11) is 0. The van der Waals surface area contributed by atoms with Crippen molar-refractivity contribution in [1.29, 1.82) is 0 Å². The molecule has 0 saturated heterocycles. The first kappa shape index (κ1) is 13.9. The van der Waals surface area contributed by atoms with Crippen LogP contribution in [0.5, 0.6) is 17.2 Å². The van der Waals surface area contributed by atoms with Gasteiger partial charge in [-0.2, -0.15) is 5.10 Å². The number of aromatic hydroxyl groups is 1. The summed E-state index contributed by atoms with van der Waals surface area (Å²) in [6.45, 7) is 0.129. The summed E-state index contributed by atoms with van der Waals surface area (Å²) in [6.07, 6.45) is 0.686. The van der Waals surface area contributed by atoms with Crippen LogP contribution in [0.25, 0.3) is 0 Å². The lowest BCUT2D eigenvalue weighted by Crippen LogP contribution is -2.42. The summed E-state index contributed by atoms with van der Waals surface area (Å²) >= 11 is 0. The normalized spacial score (nSPS) is 16.5. The van der Waals surface area contributed by atoms with Crippen molar-refractivity contribution in [2.24, 2.45) is 5.10 Å². The number of amides is 1. The third kappa shape index (κ3) is 3.17. The maximum absolute atomic E-state index is 12.0. The summed E-state index contributed by atoms with van der Waals surface area (Å²) in [5, 5.41) is 13.2. The zero-order valence-corrected chi connectivity index (χ0v) is 11.6. The number of para-hydroxylation sites is 2. The van der Waals surface area contributed by atoms with Crippen LogP contribution in [-0.4, -0.2) is 29.9 Å². The van der Waals surface area contributed by atoms with Crippen LogP contribution in [0.15, 0.2) is 53.6 Å². The molecule has 1 heterocycles. The lowest BCUT2D eigenvalue weighted by molar-refractivity contribution is -0.130. The first-order valence-electron chi connectivity index (χ1n) is 6.73. The molecule has 0 aliphatic carbocycles. The van der Waals surface area contributed by atoms with Gasteiger partial charge in [-0.25, -0.2) is 5.43 Å². The number of carbonyl (C=O) groups is 1. The second-order valence-corrected chi connectivity index (χ2v) is 4.69. The predicted molar refractivity (Wildman–Crippen MR) is 80.2 cm³/mol. The molecule has 1 aliphatic rings. The molecule has 2 aromatic carbocycles. The molecule has 2 N–H and O–H groups in total. The standard InChI is InChI=1S/C16H14N2O4/c19-12-5-3-4-11(8-12)9-17-18-16(20)15-10-21-13-6-1-2-7-14(13)22-15/h1-9,15,19H,10H2,(H,18,20)/b17-9-/t15-/m1/s1. The fourth-order valence-corrected chi connectivity index (χ4v) is 2.00. The van der Waals surface area contributed by atoms with Crippen molar-refractivity contribution in [2.45, 2.75) is 6.10 Å². The molecule has 2 aromatic rings. The second kappa shape index (κ2) is 6.17. The molecule has 0 bridgehead atoms. The Hall–Kier alpha value is -3.02. The topological polar surface area (TPSA) is 80.2 Å². The van der Waals surface area contributed by atoms with Crippen LogP contribution in [0.3, 0.4) is 0 Å². The van der Waals surface area contributed by atoms with E-state index in [1.54, 1.807) is 30.3 Å². The van der Waals surface area contributed by atoms with Crippen LogP contribution in [0.4, 0.5) is 0 Å². The molecule has 1 aliphatic heterocycles. The van der Waals surface area contributed by atoms with Crippen molar-refractivity contribution < 1.29 is 19.4 Å². The summed E-state index contributed by atoms with van der Waals surface area (Å²) in [5.41, 5.74) is 3.07. The molecule has 112 valence electrons. The minimum atomic E-state index is -0.753. The number of fused-ring (bicyclic) bond motifs is 1. The molecular formula is C16H14N2O4. The molecule has 0 fully saturated rings. The van der Waals surface area contributed by atoms with E-state index < -0.39 is 12.0 Å². The van der Waals surface area contributed by atoms with Crippen LogP contribution in [0.2, 0.25) is 0 Å². The van der Waals surface area contributed by atoms with Gasteiger partial charge in [-0.05, 0) is 29.8 Å². The van der Waals surface area contributed by atoms with Gasteiger partial charge in [-0.3, -0.25) is 4.79 Å². The molecule has 0 aromatic heterocycles. The van der Waals surface area contributed by atoms with E-state index in [-0.39, 0.29) is 12.4 Å². The van der Waals surface area contributed by atoms with Gasteiger partial charge in [-0.1, -0.05) is 24.3 Å². The van der Waals surface area contributed by atoms with Gasteiger partial charge in [0.15, 0.2) is 11.5 Å². The fourth-order valence-electron chi connectivity index (χ4n) is 2.00. The molecular weight excluding hydrogens is 284 g/mol. The zero-order valence-electron chi connectivity index (χ0n) is 11.6. The highest BCUT2D eigenvalue weighted by Crippen LogP contribution is 2.30. The number of carbonyl (C=O) groups excluding carboxylic acids is 1. The number of benzene rings is 2. The Morgan fingerprint density at radius 3 is 2.86 bits per heavy atom. The number of nitrogens with zero attached hydrogens (tertiary/aromatic N) is 1. The van der Waals surface area contributed by atoms with Crippen molar-refractivity contribution in [3.05, 3.63) is 54.1 Å². The third-order valence-corrected chi connectivity index (χ3v) is 3.06. The Bertz CT molecular complexity index is 715. The lowest BCUT2D eigenvalue weighted by Gasteiger charge is -2.24. The highest BCUT2D eigenvalue weighted by atomic mass is 16.6. The van der Waals surface area contributed by atoms with Crippen molar-refractivity contribution in [3.8, 4) is 17.2 Å². The fraction of sp³-hybridized carbons (Fsp3) is 0.125. The molecule has 3 rings (SSSR count). The molecule has 6 nitrogen and oxygen atoms in total. The van der Waals surface area contributed by atoms with E-state index in [0.29, 0.717) is 17.1 Å². The average molecular weight is 298 g/mol. The van der Waals surface area contributed by atoms with Crippen LogP contribution in [0.1, 0.15) is 5.56 Å². The molecule has 0 spiro atoms. The maximum Gasteiger partial charge on any atom is 0.284 e. The van der Waals surface area contributed by atoms with E-state index in [0.717, 1.165) is 0 Å². The Balaban J connectivity index is 1.59. The monoisotopic (exact) mass is 298 g/mol. The summed E-state index contributed by atoms with van der Waals surface area (Å²) in [4.78, 5) is 12.0. The van der Waals surface area contributed by atoms with E-state index in [1.807, 2.05) is 12.1 Å². The van der Waals surface area contributed by atoms with Gasteiger partial charge in [0.1, 0.15) is 12.4 Å². The lowest BCUT2D eigenvalue weighted by atomic mass is 10.2. The molecule has 1 atom stereocenters. The number of rotatable bonds is 3. The SMILES string of the molecule is O=C(N/N=C\c1cccc(O)c1)[C@H]1COc2ccccc2O1. The number of hydrazone groups is 1.